The van der Waals surface area contributed by atoms with Crippen molar-refractivity contribution < 1.29 is 8.42 Å². The average molecular weight is 270 g/mol. The van der Waals surface area contributed by atoms with Crippen LogP contribution in [-0.2, 0) is 15.6 Å². The van der Waals surface area contributed by atoms with Crippen molar-refractivity contribution in [2.24, 2.45) is 0 Å². The van der Waals surface area contributed by atoms with Gasteiger partial charge in [-0.3, -0.25) is 0 Å². The van der Waals surface area contributed by atoms with Gasteiger partial charge in [0.2, 0.25) is 5.95 Å². The van der Waals surface area contributed by atoms with Crippen LogP contribution in [0.25, 0.3) is 0 Å². The van der Waals surface area contributed by atoms with Gasteiger partial charge in [-0.1, -0.05) is 19.3 Å². The highest BCUT2D eigenvalue weighted by Crippen LogP contribution is 2.30. The van der Waals surface area contributed by atoms with Gasteiger partial charge in [0.15, 0.2) is 9.84 Å². The van der Waals surface area contributed by atoms with Gasteiger partial charge in [-0.15, -0.1) is 0 Å². The van der Waals surface area contributed by atoms with Crippen molar-refractivity contribution in [1.29, 1.82) is 0 Å². The molecule has 2 N–H and O–H groups in total. The van der Waals surface area contributed by atoms with E-state index in [2.05, 4.69) is 15.0 Å². The number of nitrogens with zero attached hydrogens (tertiary/aromatic N) is 3. The monoisotopic (exact) mass is 270 g/mol. The van der Waals surface area contributed by atoms with Gasteiger partial charge in [-0.05, 0) is 12.8 Å². The Labute approximate surface area is 107 Å². The number of hydrogen-bond donors (Lipinski definition) is 1. The van der Waals surface area contributed by atoms with Gasteiger partial charge in [0.1, 0.15) is 17.4 Å². The van der Waals surface area contributed by atoms with Crippen LogP contribution in [0.15, 0.2) is 0 Å². The van der Waals surface area contributed by atoms with Crippen LogP contribution in [-0.4, -0.2) is 29.6 Å². The van der Waals surface area contributed by atoms with Crippen molar-refractivity contribution in [1.82, 2.24) is 15.0 Å². The summed E-state index contributed by atoms with van der Waals surface area (Å²) in [4.78, 5) is 12.3. The molecule has 1 saturated carbocycles. The lowest BCUT2D eigenvalue weighted by Gasteiger charge is -2.20. The Bertz CT molecular complexity index is 524. The molecule has 1 aliphatic carbocycles. The first kappa shape index (κ1) is 13.2. The molecule has 0 amide bonds. The molecule has 0 atom stereocenters. The van der Waals surface area contributed by atoms with Gasteiger partial charge in [0, 0.05) is 12.2 Å². The number of nitrogens with two attached hydrogens (primary N) is 1. The highest BCUT2D eigenvalue weighted by Gasteiger charge is 2.20. The Hall–Kier alpha value is -1.24. The van der Waals surface area contributed by atoms with E-state index in [-0.39, 0.29) is 17.5 Å². The van der Waals surface area contributed by atoms with Crippen LogP contribution in [0.1, 0.15) is 49.7 Å². The Morgan fingerprint density at radius 2 is 1.83 bits per heavy atom. The summed E-state index contributed by atoms with van der Waals surface area (Å²) >= 11 is 0. The third kappa shape index (κ3) is 3.63. The summed E-state index contributed by atoms with van der Waals surface area (Å²) in [6, 6.07) is 0. The minimum absolute atomic E-state index is 0.115. The van der Waals surface area contributed by atoms with Crippen molar-refractivity contribution in [2.45, 2.75) is 43.8 Å². The maximum absolute atomic E-state index is 11.3. The summed E-state index contributed by atoms with van der Waals surface area (Å²) < 4.78 is 22.5. The van der Waals surface area contributed by atoms with Crippen LogP contribution in [0.3, 0.4) is 0 Å². The van der Waals surface area contributed by atoms with Crippen LogP contribution in [0.5, 0.6) is 0 Å². The van der Waals surface area contributed by atoms with Crippen LogP contribution in [0.2, 0.25) is 0 Å². The van der Waals surface area contributed by atoms with Crippen molar-refractivity contribution in [3.05, 3.63) is 11.6 Å². The summed E-state index contributed by atoms with van der Waals surface area (Å²) in [5, 5.41) is 0. The van der Waals surface area contributed by atoms with E-state index in [0.717, 1.165) is 31.9 Å². The zero-order valence-electron chi connectivity index (χ0n) is 10.5. The van der Waals surface area contributed by atoms with Gasteiger partial charge in [0.25, 0.3) is 0 Å². The number of nitrogen functional groups attached to an aromatic ring is 1. The lowest BCUT2D eigenvalue weighted by Crippen LogP contribution is -2.15. The topological polar surface area (TPSA) is 98.8 Å². The maximum atomic E-state index is 11.3. The molecule has 0 spiro atoms. The largest absolute Gasteiger partial charge is 0.368 e. The van der Waals surface area contributed by atoms with Crippen molar-refractivity contribution >= 4 is 15.8 Å². The third-order valence-corrected chi connectivity index (χ3v) is 3.86. The smallest absolute Gasteiger partial charge is 0.223 e. The molecule has 7 heteroatoms. The summed E-state index contributed by atoms with van der Waals surface area (Å²) in [5.41, 5.74) is 5.63. The van der Waals surface area contributed by atoms with E-state index < -0.39 is 9.84 Å². The molecule has 100 valence electrons. The second-order valence-electron chi connectivity index (χ2n) is 4.87. The van der Waals surface area contributed by atoms with E-state index in [1.54, 1.807) is 0 Å². The minimum Gasteiger partial charge on any atom is -0.368 e. The molecule has 0 aromatic carbocycles. The first-order valence-electron chi connectivity index (χ1n) is 6.12. The van der Waals surface area contributed by atoms with Gasteiger partial charge in [-0.2, -0.15) is 9.97 Å². The summed E-state index contributed by atoms with van der Waals surface area (Å²) in [7, 11) is -3.15. The van der Waals surface area contributed by atoms with E-state index in [1.165, 1.54) is 6.42 Å². The van der Waals surface area contributed by atoms with Crippen LogP contribution >= 0.6 is 0 Å². The number of rotatable bonds is 3. The zero-order valence-corrected chi connectivity index (χ0v) is 11.3. The molecular weight excluding hydrogens is 252 g/mol. The standard InChI is InChI=1S/C11H18N4O2S/c1-18(16,17)7-9-13-10(15-11(12)14-9)8-5-3-2-4-6-8/h8H,2-7H2,1H3,(H2,12,13,14,15). The molecule has 0 aliphatic heterocycles. The molecule has 1 fully saturated rings. The molecule has 0 radical (unpaired) electrons. The predicted octanol–water partition coefficient (Wildman–Crippen LogP) is 1.05. The first-order valence-corrected chi connectivity index (χ1v) is 8.18. The van der Waals surface area contributed by atoms with E-state index in [4.69, 9.17) is 5.73 Å². The molecule has 0 bridgehead atoms. The van der Waals surface area contributed by atoms with E-state index in [1.807, 2.05) is 0 Å². The van der Waals surface area contributed by atoms with Crippen molar-refractivity contribution in [2.75, 3.05) is 12.0 Å². The quantitative estimate of drug-likeness (QED) is 0.881. The Morgan fingerprint density at radius 3 is 2.44 bits per heavy atom. The molecule has 2 rings (SSSR count). The van der Waals surface area contributed by atoms with E-state index >= 15 is 0 Å². The van der Waals surface area contributed by atoms with Crippen LogP contribution in [0, 0.1) is 0 Å². The minimum atomic E-state index is -3.15. The lowest BCUT2D eigenvalue weighted by atomic mass is 9.89. The molecular formula is C11H18N4O2S. The second kappa shape index (κ2) is 5.17. The van der Waals surface area contributed by atoms with Gasteiger partial charge >= 0.3 is 0 Å². The molecule has 0 unspecified atom stereocenters. The molecule has 1 aromatic rings. The number of aromatic nitrogens is 3. The summed E-state index contributed by atoms with van der Waals surface area (Å²) in [6.07, 6.45) is 6.82. The van der Waals surface area contributed by atoms with Crippen molar-refractivity contribution in [3.63, 3.8) is 0 Å². The number of sulfone groups is 1. The van der Waals surface area contributed by atoms with Gasteiger partial charge in [0.05, 0.1) is 0 Å². The fourth-order valence-corrected chi connectivity index (χ4v) is 2.90. The molecule has 6 nitrogen and oxygen atoms in total. The fraction of sp³-hybridized carbons (Fsp3) is 0.727. The molecule has 1 heterocycles. The van der Waals surface area contributed by atoms with Gasteiger partial charge in [-0.25, -0.2) is 13.4 Å². The highest BCUT2D eigenvalue weighted by atomic mass is 32.2. The van der Waals surface area contributed by atoms with Gasteiger partial charge < -0.3 is 5.73 Å². The zero-order chi connectivity index (χ0) is 13.2. The molecule has 0 saturated heterocycles. The Kier molecular flexibility index (Phi) is 3.79. The fourth-order valence-electron chi connectivity index (χ4n) is 2.30. The van der Waals surface area contributed by atoms with E-state index in [0.29, 0.717) is 11.7 Å². The summed E-state index contributed by atoms with van der Waals surface area (Å²) in [6.45, 7) is 0. The SMILES string of the molecule is CS(=O)(=O)Cc1nc(N)nc(C2CCCCC2)n1. The lowest BCUT2D eigenvalue weighted by molar-refractivity contribution is 0.427. The highest BCUT2D eigenvalue weighted by molar-refractivity contribution is 7.89. The van der Waals surface area contributed by atoms with E-state index in [9.17, 15) is 8.42 Å². The van der Waals surface area contributed by atoms with Crippen LogP contribution in [0.4, 0.5) is 5.95 Å². The first-order chi connectivity index (χ1) is 8.44. The normalized spacial score (nSPS) is 17.8. The van der Waals surface area contributed by atoms with Crippen LogP contribution < -0.4 is 5.73 Å². The maximum Gasteiger partial charge on any atom is 0.223 e. The predicted molar refractivity (Wildman–Crippen MR) is 68.6 cm³/mol. The average Bonchev–Trinajstić information content (AvgIpc) is 2.27. The second-order valence-corrected chi connectivity index (χ2v) is 7.01. The molecule has 1 aromatic heterocycles. The number of anilines is 1. The molecule has 1 aliphatic rings. The summed E-state index contributed by atoms with van der Waals surface area (Å²) in [5.74, 6) is 1.14. The third-order valence-electron chi connectivity index (χ3n) is 3.08. The van der Waals surface area contributed by atoms with Crippen molar-refractivity contribution in [3.8, 4) is 0 Å². The molecule has 18 heavy (non-hydrogen) atoms. The number of hydrogen-bond acceptors (Lipinski definition) is 6. The Morgan fingerprint density at radius 1 is 1.17 bits per heavy atom. The Balaban J connectivity index is 2.25.